The summed E-state index contributed by atoms with van der Waals surface area (Å²) in [7, 11) is 3.64. The molecule has 2 aromatic heterocycles. The van der Waals surface area contributed by atoms with Gasteiger partial charge in [0.2, 0.25) is 0 Å². The summed E-state index contributed by atoms with van der Waals surface area (Å²) >= 11 is 0. The SMILES string of the molecule is CN=C(NCCCOCc1ccco1)NCc1nncn1C. The van der Waals surface area contributed by atoms with Crippen LogP contribution < -0.4 is 10.6 Å². The van der Waals surface area contributed by atoms with Crippen molar-refractivity contribution < 1.29 is 9.15 Å². The molecule has 0 spiro atoms. The first-order valence-electron chi connectivity index (χ1n) is 7.17. The summed E-state index contributed by atoms with van der Waals surface area (Å²) in [5.41, 5.74) is 0. The van der Waals surface area contributed by atoms with Crippen molar-refractivity contribution in [3.05, 3.63) is 36.3 Å². The third kappa shape index (κ3) is 5.21. The lowest BCUT2D eigenvalue weighted by Gasteiger charge is -2.11. The van der Waals surface area contributed by atoms with E-state index in [2.05, 4.69) is 25.8 Å². The van der Waals surface area contributed by atoms with Crippen molar-refractivity contribution in [1.29, 1.82) is 0 Å². The van der Waals surface area contributed by atoms with E-state index in [0.29, 0.717) is 19.8 Å². The van der Waals surface area contributed by atoms with Gasteiger partial charge in [-0.25, -0.2) is 0 Å². The molecule has 8 heteroatoms. The molecule has 120 valence electrons. The van der Waals surface area contributed by atoms with Gasteiger partial charge in [-0.1, -0.05) is 0 Å². The van der Waals surface area contributed by atoms with E-state index in [1.54, 1.807) is 19.6 Å². The maximum atomic E-state index is 5.51. The molecule has 0 fully saturated rings. The van der Waals surface area contributed by atoms with Crippen LogP contribution in [0, 0.1) is 0 Å². The summed E-state index contributed by atoms with van der Waals surface area (Å²) in [5.74, 6) is 2.42. The third-order valence-electron chi connectivity index (χ3n) is 3.03. The Kier molecular flexibility index (Phi) is 6.43. The molecule has 0 radical (unpaired) electrons. The topological polar surface area (TPSA) is 89.5 Å². The number of ether oxygens (including phenoxy) is 1. The van der Waals surface area contributed by atoms with E-state index in [-0.39, 0.29) is 0 Å². The van der Waals surface area contributed by atoms with Crippen LogP contribution in [-0.4, -0.2) is 40.9 Å². The smallest absolute Gasteiger partial charge is 0.191 e. The lowest BCUT2D eigenvalue weighted by atomic mass is 10.4. The zero-order valence-corrected chi connectivity index (χ0v) is 13.0. The second kappa shape index (κ2) is 8.83. The van der Waals surface area contributed by atoms with Gasteiger partial charge in [0, 0.05) is 27.2 Å². The van der Waals surface area contributed by atoms with E-state index in [1.807, 2.05) is 23.7 Å². The van der Waals surface area contributed by atoms with Crippen LogP contribution in [0.5, 0.6) is 0 Å². The van der Waals surface area contributed by atoms with E-state index in [9.17, 15) is 0 Å². The number of guanidine groups is 1. The number of aromatic nitrogens is 3. The molecule has 0 aliphatic rings. The van der Waals surface area contributed by atoms with Crippen LogP contribution in [0.2, 0.25) is 0 Å². The molecule has 8 nitrogen and oxygen atoms in total. The summed E-state index contributed by atoms with van der Waals surface area (Å²) in [6.07, 6.45) is 4.20. The summed E-state index contributed by atoms with van der Waals surface area (Å²) in [6.45, 7) is 2.52. The highest BCUT2D eigenvalue weighted by Gasteiger charge is 2.02. The van der Waals surface area contributed by atoms with Gasteiger partial charge in [0.05, 0.1) is 12.8 Å². The monoisotopic (exact) mass is 306 g/mol. The Morgan fingerprint density at radius 1 is 1.45 bits per heavy atom. The van der Waals surface area contributed by atoms with Gasteiger partial charge in [0.1, 0.15) is 18.7 Å². The largest absolute Gasteiger partial charge is 0.467 e. The van der Waals surface area contributed by atoms with Crippen LogP contribution in [-0.2, 0) is 24.9 Å². The summed E-state index contributed by atoms with van der Waals surface area (Å²) in [4.78, 5) is 4.16. The fourth-order valence-electron chi connectivity index (χ4n) is 1.80. The average Bonchev–Trinajstić information content (AvgIpc) is 3.17. The normalized spacial score (nSPS) is 11.6. The van der Waals surface area contributed by atoms with Crippen molar-refractivity contribution in [3.8, 4) is 0 Å². The number of hydrogen-bond donors (Lipinski definition) is 2. The molecule has 0 aromatic carbocycles. The quantitative estimate of drug-likeness (QED) is 0.423. The molecular weight excluding hydrogens is 284 g/mol. The molecule has 2 aromatic rings. The highest BCUT2D eigenvalue weighted by molar-refractivity contribution is 5.79. The second-order valence-electron chi connectivity index (χ2n) is 4.70. The van der Waals surface area contributed by atoms with E-state index in [0.717, 1.165) is 30.5 Å². The summed E-state index contributed by atoms with van der Waals surface area (Å²) in [5, 5.41) is 14.2. The Balaban J connectivity index is 1.55. The summed E-state index contributed by atoms with van der Waals surface area (Å²) < 4.78 is 12.6. The first-order valence-corrected chi connectivity index (χ1v) is 7.17. The van der Waals surface area contributed by atoms with E-state index in [4.69, 9.17) is 9.15 Å². The lowest BCUT2D eigenvalue weighted by molar-refractivity contribution is 0.105. The molecule has 0 unspecified atom stereocenters. The second-order valence-corrected chi connectivity index (χ2v) is 4.70. The molecule has 2 N–H and O–H groups in total. The summed E-state index contributed by atoms with van der Waals surface area (Å²) in [6, 6.07) is 3.75. The zero-order valence-electron chi connectivity index (χ0n) is 13.0. The van der Waals surface area contributed by atoms with Gasteiger partial charge in [0.25, 0.3) is 0 Å². The molecule has 0 aliphatic carbocycles. The van der Waals surface area contributed by atoms with Gasteiger partial charge in [-0.05, 0) is 18.6 Å². The molecule has 0 aliphatic heterocycles. The zero-order chi connectivity index (χ0) is 15.6. The van der Waals surface area contributed by atoms with Crippen LogP contribution in [0.15, 0.2) is 34.1 Å². The molecule has 0 amide bonds. The first kappa shape index (κ1) is 16.0. The number of furan rings is 1. The van der Waals surface area contributed by atoms with Crippen molar-refractivity contribution in [2.45, 2.75) is 19.6 Å². The Bertz CT molecular complexity index is 564. The fraction of sp³-hybridized carbons (Fsp3) is 0.500. The molecule has 2 heterocycles. The lowest BCUT2D eigenvalue weighted by Crippen LogP contribution is -2.38. The molecule has 2 rings (SSSR count). The minimum absolute atomic E-state index is 0.506. The van der Waals surface area contributed by atoms with Crippen LogP contribution in [0.4, 0.5) is 0 Å². The van der Waals surface area contributed by atoms with Crippen molar-refractivity contribution in [2.75, 3.05) is 20.2 Å². The van der Waals surface area contributed by atoms with Gasteiger partial charge in [-0.15, -0.1) is 10.2 Å². The predicted molar refractivity (Wildman–Crippen MR) is 82.2 cm³/mol. The number of aliphatic imine (C=N–C) groups is 1. The van der Waals surface area contributed by atoms with Crippen LogP contribution >= 0.6 is 0 Å². The van der Waals surface area contributed by atoms with E-state index < -0.39 is 0 Å². The predicted octanol–water partition coefficient (Wildman–Crippen LogP) is 0.680. The van der Waals surface area contributed by atoms with Gasteiger partial charge >= 0.3 is 0 Å². The Labute approximate surface area is 129 Å². The van der Waals surface area contributed by atoms with Crippen LogP contribution in [0.25, 0.3) is 0 Å². The average molecular weight is 306 g/mol. The highest BCUT2D eigenvalue weighted by atomic mass is 16.5. The first-order chi connectivity index (χ1) is 10.8. The number of hydrogen-bond acceptors (Lipinski definition) is 5. The molecule has 0 bridgehead atoms. The molecule has 0 atom stereocenters. The van der Waals surface area contributed by atoms with Crippen LogP contribution in [0.1, 0.15) is 18.0 Å². The van der Waals surface area contributed by atoms with E-state index in [1.165, 1.54) is 0 Å². The van der Waals surface area contributed by atoms with Gasteiger partial charge < -0.3 is 24.4 Å². The van der Waals surface area contributed by atoms with Crippen molar-refractivity contribution in [3.63, 3.8) is 0 Å². The van der Waals surface area contributed by atoms with E-state index >= 15 is 0 Å². The third-order valence-corrected chi connectivity index (χ3v) is 3.03. The maximum Gasteiger partial charge on any atom is 0.191 e. The fourth-order valence-corrected chi connectivity index (χ4v) is 1.80. The highest BCUT2D eigenvalue weighted by Crippen LogP contribution is 2.01. The Morgan fingerprint density at radius 2 is 2.36 bits per heavy atom. The van der Waals surface area contributed by atoms with Crippen LogP contribution in [0.3, 0.4) is 0 Å². The van der Waals surface area contributed by atoms with Crippen molar-refractivity contribution in [2.24, 2.45) is 12.0 Å². The molecule has 0 saturated carbocycles. The van der Waals surface area contributed by atoms with Gasteiger partial charge in [0.15, 0.2) is 11.8 Å². The molecular formula is C14H22N6O2. The number of rotatable bonds is 8. The number of nitrogens with one attached hydrogen (secondary N) is 2. The maximum absolute atomic E-state index is 5.51. The van der Waals surface area contributed by atoms with Crippen molar-refractivity contribution >= 4 is 5.96 Å². The Morgan fingerprint density at radius 3 is 3.05 bits per heavy atom. The minimum atomic E-state index is 0.506. The van der Waals surface area contributed by atoms with Gasteiger partial charge in [-0.3, -0.25) is 4.99 Å². The molecule has 0 saturated heterocycles. The Hall–Kier alpha value is -2.35. The van der Waals surface area contributed by atoms with Crippen molar-refractivity contribution in [1.82, 2.24) is 25.4 Å². The number of nitrogens with zero attached hydrogens (tertiary/aromatic N) is 4. The van der Waals surface area contributed by atoms with Gasteiger partial charge in [-0.2, -0.15) is 0 Å². The minimum Gasteiger partial charge on any atom is -0.467 e. The molecule has 22 heavy (non-hydrogen) atoms. The number of aryl methyl sites for hydroxylation is 1. The standard InChI is InChI=1S/C14H22N6O2/c1-15-14(17-9-13-19-18-11-20(13)2)16-6-4-7-21-10-12-5-3-8-22-12/h3,5,8,11H,4,6-7,9-10H2,1-2H3,(H2,15,16,17).